The molecule has 1 aromatic carbocycles. The Hall–Kier alpha value is -1.99. The number of carbonyl (C=O) groups is 1. The van der Waals surface area contributed by atoms with Gasteiger partial charge in [-0.2, -0.15) is 0 Å². The monoisotopic (exact) mass is 391 g/mol. The molecule has 27 heavy (non-hydrogen) atoms. The average molecular weight is 391 g/mol. The number of thioether (sulfide) groups is 1. The second-order valence-electron chi connectivity index (χ2n) is 6.54. The van der Waals surface area contributed by atoms with Crippen LogP contribution in [-0.4, -0.2) is 40.7 Å². The molecule has 1 unspecified atom stereocenters. The van der Waals surface area contributed by atoms with E-state index in [4.69, 9.17) is 0 Å². The van der Waals surface area contributed by atoms with Gasteiger partial charge in [0.05, 0.1) is 18.0 Å². The number of benzene rings is 1. The summed E-state index contributed by atoms with van der Waals surface area (Å²) in [5.74, 6) is -1.61. The van der Waals surface area contributed by atoms with E-state index in [9.17, 15) is 13.6 Å². The van der Waals surface area contributed by atoms with E-state index in [-0.39, 0.29) is 17.7 Å². The minimum Gasteiger partial charge on any atom is -0.333 e. The number of carbonyl (C=O) groups excluding carboxylic acids is 1. The van der Waals surface area contributed by atoms with Crippen molar-refractivity contribution in [1.29, 1.82) is 0 Å². The molecule has 3 rings (SSSR count). The molecule has 0 saturated carbocycles. The third-order valence-electron chi connectivity index (χ3n) is 4.62. The molecule has 1 aliphatic rings. The van der Waals surface area contributed by atoms with E-state index in [2.05, 4.69) is 10.3 Å². The Labute approximate surface area is 162 Å². The lowest BCUT2D eigenvalue weighted by Gasteiger charge is -2.31. The first-order valence-corrected chi connectivity index (χ1v) is 10.1. The Kier molecular flexibility index (Phi) is 7.18. The van der Waals surface area contributed by atoms with Crippen molar-refractivity contribution in [1.82, 2.24) is 15.2 Å². The Morgan fingerprint density at radius 2 is 2.07 bits per heavy atom. The van der Waals surface area contributed by atoms with Gasteiger partial charge in [-0.1, -0.05) is 6.07 Å². The molecule has 1 fully saturated rings. The molecule has 0 bridgehead atoms. The highest BCUT2D eigenvalue weighted by Crippen LogP contribution is 2.23. The van der Waals surface area contributed by atoms with Gasteiger partial charge in [-0.05, 0) is 62.7 Å². The number of nitrogens with one attached hydrogen (secondary N) is 1. The van der Waals surface area contributed by atoms with Crippen molar-refractivity contribution >= 4 is 17.7 Å². The van der Waals surface area contributed by atoms with Crippen LogP contribution < -0.4 is 5.32 Å². The second kappa shape index (κ2) is 9.80. The summed E-state index contributed by atoms with van der Waals surface area (Å²) in [5.41, 5.74) is 0.848. The van der Waals surface area contributed by atoms with Crippen LogP contribution in [0.3, 0.4) is 0 Å². The molecule has 0 spiro atoms. The summed E-state index contributed by atoms with van der Waals surface area (Å²) >= 11 is 1.23. The zero-order chi connectivity index (χ0) is 19.1. The minimum atomic E-state index is -0.896. The summed E-state index contributed by atoms with van der Waals surface area (Å²) < 4.78 is 26.5. The van der Waals surface area contributed by atoms with E-state index in [0.29, 0.717) is 11.4 Å². The van der Waals surface area contributed by atoms with Gasteiger partial charge in [0, 0.05) is 17.1 Å². The van der Waals surface area contributed by atoms with E-state index in [1.165, 1.54) is 17.8 Å². The first kappa shape index (κ1) is 19.8. The highest BCUT2D eigenvalue weighted by atomic mass is 32.2. The lowest BCUT2D eigenvalue weighted by atomic mass is 10.1. The van der Waals surface area contributed by atoms with Crippen molar-refractivity contribution in [2.45, 2.75) is 36.7 Å². The number of hydrogen-bond acceptors (Lipinski definition) is 4. The predicted molar refractivity (Wildman–Crippen MR) is 102 cm³/mol. The van der Waals surface area contributed by atoms with Crippen molar-refractivity contribution < 1.29 is 13.6 Å². The van der Waals surface area contributed by atoms with E-state index in [0.717, 1.165) is 50.2 Å². The molecular formula is C20H23F2N3OS. The number of nitrogens with zero attached hydrogens (tertiary/aromatic N) is 2. The standard InChI is InChI=1S/C20H23F2N3OS/c21-18-7-6-17(12-19(18)22)27-14-20(26)25(13-15-4-1-2-10-24-15)16-5-3-9-23-11-8-16/h1-2,4,6-7,10,12,16,23H,3,5,8-9,11,13-14H2. The van der Waals surface area contributed by atoms with Gasteiger partial charge < -0.3 is 10.2 Å². The summed E-state index contributed by atoms with van der Waals surface area (Å²) in [6.45, 7) is 2.31. The number of rotatable bonds is 6. The Balaban J connectivity index is 1.69. The van der Waals surface area contributed by atoms with Crippen molar-refractivity contribution in [3.63, 3.8) is 0 Å². The maximum absolute atomic E-state index is 13.4. The summed E-state index contributed by atoms with van der Waals surface area (Å²) in [4.78, 5) is 19.8. The molecule has 0 aliphatic carbocycles. The highest BCUT2D eigenvalue weighted by molar-refractivity contribution is 8.00. The van der Waals surface area contributed by atoms with Gasteiger partial charge in [-0.15, -0.1) is 11.8 Å². The molecule has 4 nitrogen and oxygen atoms in total. The average Bonchev–Trinajstić information content (AvgIpc) is 2.97. The van der Waals surface area contributed by atoms with Crippen LogP contribution in [0.5, 0.6) is 0 Å². The highest BCUT2D eigenvalue weighted by Gasteiger charge is 2.25. The molecule has 144 valence electrons. The Bertz CT molecular complexity index is 752. The van der Waals surface area contributed by atoms with Crippen molar-refractivity contribution in [2.24, 2.45) is 0 Å². The lowest BCUT2D eigenvalue weighted by molar-refractivity contribution is -0.131. The number of pyridine rings is 1. The smallest absolute Gasteiger partial charge is 0.233 e. The molecule has 1 saturated heterocycles. The van der Waals surface area contributed by atoms with Crippen LogP contribution in [0, 0.1) is 11.6 Å². The predicted octanol–water partition coefficient (Wildman–Crippen LogP) is 3.62. The number of aromatic nitrogens is 1. The molecule has 1 aromatic heterocycles. The van der Waals surface area contributed by atoms with E-state index >= 15 is 0 Å². The number of hydrogen-bond donors (Lipinski definition) is 1. The lowest BCUT2D eigenvalue weighted by Crippen LogP contribution is -2.41. The minimum absolute atomic E-state index is 0.0118. The first-order chi connectivity index (χ1) is 13.1. The van der Waals surface area contributed by atoms with Gasteiger partial charge in [-0.25, -0.2) is 8.78 Å². The van der Waals surface area contributed by atoms with Crippen LogP contribution in [0.25, 0.3) is 0 Å². The molecule has 0 radical (unpaired) electrons. The topological polar surface area (TPSA) is 45.2 Å². The quantitative estimate of drug-likeness (QED) is 0.764. The second-order valence-corrected chi connectivity index (χ2v) is 7.59. The maximum Gasteiger partial charge on any atom is 0.233 e. The molecule has 1 aliphatic heterocycles. The zero-order valence-electron chi connectivity index (χ0n) is 15.0. The van der Waals surface area contributed by atoms with E-state index in [1.807, 2.05) is 23.1 Å². The van der Waals surface area contributed by atoms with E-state index < -0.39 is 11.6 Å². The van der Waals surface area contributed by atoms with Crippen LogP contribution in [-0.2, 0) is 11.3 Å². The van der Waals surface area contributed by atoms with Gasteiger partial charge in [0.15, 0.2) is 11.6 Å². The van der Waals surface area contributed by atoms with Gasteiger partial charge >= 0.3 is 0 Å². The van der Waals surface area contributed by atoms with Gasteiger partial charge in [0.2, 0.25) is 5.91 Å². The fourth-order valence-corrected chi connectivity index (χ4v) is 4.00. The summed E-state index contributed by atoms with van der Waals surface area (Å²) in [5, 5.41) is 3.37. The normalized spacial score (nSPS) is 17.3. The van der Waals surface area contributed by atoms with Crippen LogP contribution in [0.1, 0.15) is 25.0 Å². The largest absolute Gasteiger partial charge is 0.333 e. The van der Waals surface area contributed by atoms with Crippen molar-refractivity contribution in [3.05, 3.63) is 59.9 Å². The molecule has 1 amide bonds. The summed E-state index contributed by atoms with van der Waals surface area (Å²) in [6.07, 6.45) is 4.59. The van der Waals surface area contributed by atoms with Crippen LogP contribution in [0.2, 0.25) is 0 Å². The summed E-state index contributed by atoms with van der Waals surface area (Å²) in [6, 6.07) is 9.54. The summed E-state index contributed by atoms with van der Waals surface area (Å²) in [7, 11) is 0. The fraction of sp³-hybridized carbons (Fsp3) is 0.400. The third-order valence-corrected chi connectivity index (χ3v) is 5.60. The number of halogens is 2. The Morgan fingerprint density at radius 3 is 2.85 bits per heavy atom. The molecule has 1 atom stereocenters. The van der Waals surface area contributed by atoms with Gasteiger partial charge in [-0.3, -0.25) is 9.78 Å². The molecule has 2 heterocycles. The van der Waals surface area contributed by atoms with Crippen molar-refractivity contribution in [3.8, 4) is 0 Å². The van der Waals surface area contributed by atoms with Crippen LogP contribution in [0.4, 0.5) is 8.78 Å². The van der Waals surface area contributed by atoms with Gasteiger partial charge in [0.1, 0.15) is 0 Å². The Morgan fingerprint density at radius 1 is 1.19 bits per heavy atom. The zero-order valence-corrected chi connectivity index (χ0v) is 15.9. The first-order valence-electron chi connectivity index (χ1n) is 9.11. The molecule has 1 N–H and O–H groups in total. The maximum atomic E-state index is 13.4. The molecular weight excluding hydrogens is 368 g/mol. The number of amides is 1. The molecule has 7 heteroatoms. The SMILES string of the molecule is O=C(CSc1ccc(F)c(F)c1)N(Cc1ccccn1)C1CCCNCC1. The van der Waals surface area contributed by atoms with Crippen LogP contribution >= 0.6 is 11.8 Å². The van der Waals surface area contributed by atoms with E-state index in [1.54, 1.807) is 6.20 Å². The molecule has 2 aromatic rings. The van der Waals surface area contributed by atoms with Crippen LogP contribution in [0.15, 0.2) is 47.5 Å². The van der Waals surface area contributed by atoms with Gasteiger partial charge in [0.25, 0.3) is 0 Å². The van der Waals surface area contributed by atoms with Crippen molar-refractivity contribution in [2.75, 3.05) is 18.8 Å². The fourth-order valence-electron chi connectivity index (χ4n) is 3.19. The third kappa shape index (κ3) is 5.74.